The van der Waals surface area contributed by atoms with Crippen LogP contribution in [0.2, 0.25) is 0 Å². The number of amides is 1. The van der Waals surface area contributed by atoms with Crippen LogP contribution in [0, 0.1) is 0 Å². The number of alkyl carbamates (subject to hydrolysis) is 1. The van der Waals surface area contributed by atoms with Crippen molar-refractivity contribution in [1.29, 1.82) is 0 Å². The fraction of sp³-hybridized carbons (Fsp3) is 0.136. The van der Waals surface area contributed by atoms with E-state index in [-0.39, 0.29) is 12.0 Å². The molecule has 0 radical (unpaired) electrons. The van der Waals surface area contributed by atoms with Gasteiger partial charge in [-0.1, -0.05) is 60.7 Å². The number of hydrogen-bond acceptors (Lipinski definition) is 3. The van der Waals surface area contributed by atoms with Crippen molar-refractivity contribution in [3.63, 3.8) is 0 Å². The third-order valence-electron chi connectivity index (χ3n) is 4.53. The molecule has 1 aliphatic rings. The van der Waals surface area contributed by atoms with Gasteiger partial charge in [0, 0.05) is 17.3 Å². The predicted molar refractivity (Wildman–Crippen MR) is 106 cm³/mol. The van der Waals surface area contributed by atoms with Crippen LogP contribution in [0.5, 0.6) is 0 Å². The van der Waals surface area contributed by atoms with E-state index < -0.39 is 0 Å². The Bertz CT molecular complexity index is 885. The number of thiophene rings is 1. The van der Waals surface area contributed by atoms with Crippen LogP contribution in [0.15, 0.2) is 72.1 Å². The van der Waals surface area contributed by atoms with E-state index in [0.717, 1.165) is 0 Å². The molecule has 0 saturated carbocycles. The Morgan fingerprint density at radius 2 is 1.69 bits per heavy atom. The molecule has 0 atom stereocenters. The molecule has 0 bridgehead atoms. The van der Waals surface area contributed by atoms with E-state index >= 15 is 0 Å². The Balaban J connectivity index is 1.36. The minimum absolute atomic E-state index is 0.0924. The van der Waals surface area contributed by atoms with Gasteiger partial charge in [0.15, 0.2) is 0 Å². The summed E-state index contributed by atoms with van der Waals surface area (Å²) in [4.78, 5) is 13.2. The summed E-state index contributed by atoms with van der Waals surface area (Å²) in [7, 11) is 0. The van der Waals surface area contributed by atoms with E-state index in [4.69, 9.17) is 4.74 Å². The van der Waals surface area contributed by atoms with Gasteiger partial charge < -0.3 is 10.1 Å². The molecular weight excluding hydrogens is 342 g/mol. The number of benzene rings is 2. The summed E-state index contributed by atoms with van der Waals surface area (Å²) in [6.45, 7) is 0.795. The first-order chi connectivity index (χ1) is 12.8. The lowest BCUT2D eigenvalue weighted by Gasteiger charge is -2.14. The third kappa shape index (κ3) is 3.41. The van der Waals surface area contributed by atoms with Crippen LogP contribution in [0.3, 0.4) is 0 Å². The second kappa shape index (κ2) is 7.58. The van der Waals surface area contributed by atoms with Gasteiger partial charge in [0.05, 0.1) is 0 Å². The molecule has 0 spiro atoms. The van der Waals surface area contributed by atoms with Gasteiger partial charge in [-0.3, -0.25) is 0 Å². The number of ether oxygens (including phenoxy) is 1. The summed E-state index contributed by atoms with van der Waals surface area (Å²) < 4.78 is 5.50. The molecule has 1 aromatic heterocycles. The Hall–Kier alpha value is -2.85. The van der Waals surface area contributed by atoms with Crippen molar-refractivity contribution < 1.29 is 9.53 Å². The lowest BCUT2D eigenvalue weighted by atomic mass is 9.98. The maximum atomic E-state index is 12.0. The van der Waals surface area contributed by atoms with Gasteiger partial charge in [0.2, 0.25) is 0 Å². The molecule has 4 heteroatoms. The fourth-order valence-electron chi connectivity index (χ4n) is 3.35. The van der Waals surface area contributed by atoms with Gasteiger partial charge in [-0.15, -0.1) is 11.3 Å². The number of nitrogens with one attached hydrogen (secondary N) is 1. The normalized spacial score (nSPS) is 12.8. The van der Waals surface area contributed by atoms with Gasteiger partial charge in [0.25, 0.3) is 0 Å². The first kappa shape index (κ1) is 16.6. The van der Waals surface area contributed by atoms with Gasteiger partial charge in [-0.25, -0.2) is 4.79 Å². The molecule has 1 amide bonds. The molecule has 2 aromatic carbocycles. The van der Waals surface area contributed by atoms with E-state index in [0.29, 0.717) is 13.2 Å². The van der Waals surface area contributed by atoms with Gasteiger partial charge >= 0.3 is 6.09 Å². The largest absolute Gasteiger partial charge is 0.449 e. The van der Waals surface area contributed by atoms with Crippen molar-refractivity contribution >= 4 is 23.5 Å². The van der Waals surface area contributed by atoms with Crippen LogP contribution in [0.25, 0.3) is 17.2 Å². The molecule has 1 aliphatic carbocycles. The maximum Gasteiger partial charge on any atom is 0.407 e. The molecule has 130 valence electrons. The molecule has 4 rings (SSSR count). The molecule has 1 N–H and O–H groups in total. The zero-order valence-corrected chi connectivity index (χ0v) is 15.0. The minimum atomic E-state index is -0.386. The fourth-order valence-corrected chi connectivity index (χ4v) is 4.00. The molecule has 26 heavy (non-hydrogen) atoms. The number of carbonyl (C=O) groups is 1. The summed E-state index contributed by atoms with van der Waals surface area (Å²) in [5, 5.41) is 4.80. The van der Waals surface area contributed by atoms with Crippen molar-refractivity contribution in [2.75, 3.05) is 13.2 Å². The number of carbonyl (C=O) groups excluding carboxylic acids is 1. The van der Waals surface area contributed by atoms with Crippen molar-refractivity contribution in [2.45, 2.75) is 5.92 Å². The van der Waals surface area contributed by atoms with Crippen LogP contribution < -0.4 is 5.32 Å². The highest BCUT2D eigenvalue weighted by atomic mass is 32.1. The van der Waals surface area contributed by atoms with Crippen molar-refractivity contribution in [3.05, 3.63) is 88.1 Å². The first-order valence-corrected chi connectivity index (χ1v) is 9.50. The summed E-state index contributed by atoms with van der Waals surface area (Å²) in [5.41, 5.74) is 4.91. The van der Waals surface area contributed by atoms with Gasteiger partial charge in [0.1, 0.15) is 6.61 Å². The second-order valence-corrected chi connectivity index (χ2v) is 7.10. The molecule has 0 fully saturated rings. The Labute approximate surface area is 157 Å². The van der Waals surface area contributed by atoms with E-state index in [2.05, 4.69) is 29.6 Å². The van der Waals surface area contributed by atoms with Crippen LogP contribution >= 0.6 is 11.3 Å². The lowest BCUT2D eigenvalue weighted by Crippen LogP contribution is -2.26. The van der Waals surface area contributed by atoms with Crippen LogP contribution in [-0.4, -0.2) is 19.2 Å². The standard InChI is InChI=1S/C22H19NO2S/c24-22(23-13-5-7-16-8-6-14-26-16)25-15-21-19-11-3-1-9-17(19)18-10-2-4-12-20(18)21/h1-12,14,21H,13,15H2,(H,23,24). The molecule has 0 saturated heterocycles. The summed E-state index contributed by atoms with van der Waals surface area (Å²) in [6.07, 6.45) is 3.53. The van der Waals surface area contributed by atoms with E-state index in [1.807, 2.05) is 53.9 Å². The minimum Gasteiger partial charge on any atom is -0.449 e. The molecule has 0 unspecified atom stereocenters. The zero-order chi connectivity index (χ0) is 17.8. The molecule has 3 aromatic rings. The van der Waals surface area contributed by atoms with Gasteiger partial charge in [-0.2, -0.15) is 0 Å². The summed E-state index contributed by atoms with van der Waals surface area (Å²) in [5.74, 6) is 0.0924. The average molecular weight is 361 g/mol. The number of fused-ring (bicyclic) bond motifs is 3. The average Bonchev–Trinajstić information content (AvgIpc) is 3.30. The number of hydrogen-bond donors (Lipinski definition) is 1. The van der Waals surface area contributed by atoms with E-state index in [1.54, 1.807) is 11.3 Å². The van der Waals surface area contributed by atoms with Crippen LogP contribution in [-0.2, 0) is 4.74 Å². The zero-order valence-electron chi connectivity index (χ0n) is 14.2. The van der Waals surface area contributed by atoms with Crippen molar-refractivity contribution in [2.24, 2.45) is 0 Å². The highest BCUT2D eigenvalue weighted by molar-refractivity contribution is 7.10. The summed E-state index contributed by atoms with van der Waals surface area (Å²) >= 11 is 1.67. The SMILES string of the molecule is O=C(NCC=Cc1cccs1)OCC1c2ccccc2-c2ccccc21. The quantitative estimate of drug-likeness (QED) is 0.670. The van der Waals surface area contributed by atoms with E-state index in [1.165, 1.54) is 27.1 Å². The Kier molecular flexibility index (Phi) is 4.84. The van der Waals surface area contributed by atoms with Crippen molar-refractivity contribution in [3.8, 4) is 11.1 Å². The second-order valence-electron chi connectivity index (χ2n) is 6.12. The first-order valence-electron chi connectivity index (χ1n) is 8.62. The molecule has 0 aliphatic heterocycles. The lowest BCUT2D eigenvalue weighted by molar-refractivity contribution is 0.144. The summed E-state index contributed by atoms with van der Waals surface area (Å²) in [6, 6.07) is 20.7. The van der Waals surface area contributed by atoms with Gasteiger partial charge in [-0.05, 0) is 39.8 Å². The maximum absolute atomic E-state index is 12.0. The smallest absolute Gasteiger partial charge is 0.407 e. The topological polar surface area (TPSA) is 38.3 Å². The number of rotatable bonds is 5. The Morgan fingerprint density at radius 1 is 1.00 bits per heavy atom. The predicted octanol–water partition coefficient (Wildman–Crippen LogP) is 5.30. The molecule has 1 heterocycles. The van der Waals surface area contributed by atoms with Crippen LogP contribution in [0.1, 0.15) is 21.9 Å². The highest BCUT2D eigenvalue weighted by Crippen LogP contribution is 2.44. The molecular formula is C22H19NO2S. The van der Waals surface area contributed by atoms with Crippen molar-refractivity contribution in [1.82, 2.24) is 5.32 Å². The molecule has 3 nitrogen and oxygen atoms in total. The third-order valence-corrected chi connectivity index (χ3v) is 5.37. The highest BCUT2D eigenvalue weighted by Gasteiger charge is 2.28. The Morgan fingerprint density at radius 3 is 2.35 bits per heavy atom. The van der Waals surface area contributed by atoms with Crippen LogP contribution in [0.4, 0.5) is 4.79 Å². The van der Waals surface area contributed by atoms with E-state index in [9.17, 15) is 4.79 Å². The monoisotopic (exact) mass is 361 g/mol.